The van der Waals surface area contributed by atoms with Crippen LogP contribution in [-0.4, -0.2) is 16.4 Å². The molecule has 0 saturated heterocycles. The summed E-state index contributed by atoms with van der Waals surface area (Å²) in [6.45, 7) is 2.04. The van der Waals surface area contributed by atoms with E-state index in [1.807, 2.05) is 6.92 Å². The number of aryl methyl sites for hydroxylation is 1. The fraction of sp³-hybridized carbons (Fsp3) is 0.105. The summed E-state index contributed by atoms with van der Waals surface area (Å²) in [4.78, 5) is 28.8. The highest BCUT2D eigenvalue weighted by atomic mass is 19.1. The molecule has 0 bridgehead atoms. The number of carbonyl (C=O) groups is 1. The van der Waals surface area contributed by atoms with Gasteiger partial charge >= 0.3 is 0 Å². The maximum Gasteiger partial charge on any atom is 0.282 e. The highest BCUT2D eigenvalue weighted by molar-refractivity contribution is 6.10. The third-order valence-electron chi connectivity index (χ3n) is 3.97. The first-order valence-electron chi connectivity index (χ1n) is 7.87. The van der Waals surface area contributed by atoms with Crippen molar-refractivity contribution in [3.05, 3.63) is 81.5 Å². The maximum absolute atomic E-state index is 13.1. The highest BCUT2D eigenvalue weighted by Gasteiger charge is 2.15. The lowest BCUT2D eigenvalue weighted by molar-refractivity contribution is 0.100. The average Bonchev–Trinajstić information content (AvgIpc) is 2.58. The molecule has 6 nitrogen and oxygen atoms in total. The van der Waals surface area contributed by atoms with Crippen LogP contribution < -0.4 is 17.0 Å². The van der Waals surface area contributed by atoms with Gasteiger partial charge in [0.15, 0.2) is 5.96 Å². The first-order valence-corrected chi connectivity index (χ1v) is 7.87. The van der Waals surface area contributed by atoms with Crippen LogP contribution in [0.25, 0.3) is 10.8 Å². The van der Waals surface area contributed by atoms with Gasteiger partial charge in [-0.1, -0.05) is 29.8 Å². The van der Waals surface area contributed by atoms with Crippen LogP contribution in [0, 0.1) is 12.7 Å². The number of nitrogens with two attached hydrogens (primary N) is 2. The topological polar surface area (TPSA) is 103 Å². The van der Waals surface area contributed by atoms with E-state index in [0.29, 0.717) is 10.8 Å². The predicted octanol–water partition coefficient (Wildman–Crippen LogP) is 1.91. The molecule has 132 valence electrons. The van der Waals surface area contributed by atoms with Crippen molar-refractivity contribution in [3.8, 4) is 0 Å². The molecular formula is C19H17FN4O2. The van der Waals surface area contributed by atoms with Crippen molar-refractivity contribution in [2.24, 2.45) is 16.5 Å². The molecule has 0 fully saturated rings. The second kappa shape index (κ2) is 6.79. The molecule has 3 aromatic rings. The molecule has 0 saturated carbocycles. The van der Waals surface area contributed by atoms with Gasteiger partial charge in [0.05, 0.1) is 12.1 Å². The van der Waals surface area contributed by atoms with Crippen LogP contribution in [-0.2, 0) is 6.54 Å². The van der Waals surface area contributed by atoms with Crippen LogP contribution in [0.5, 0.6) is 0 Å². The first-order chi connectivity index (χ1) is 12.3. The van der Waals surface area contributed by atoms with Crippen LogP contribution in [0.4, 0.5) is 4.39 Å². The minimum atomic E-state index is -0.631. The summed E-state index contributed by atoms with van der Waals surface area (Å²) in [5.74, 6) is -1.35. The lowest BCUT2D eigenvalue weighted by Gasteiger charge is -2.11. The minimum Gasteiger partial charge on any atom is -0.370 e. The number of amides is 1. The second-order valence-corrected chi connectivity index (χ2v) is 5.99. The standard InChI is InChI=1S/C19H17FN4O2/c1-11-2-7-14-15(8-11)16(17(25)23-19(21)22)10-24(18(14)26)9-12-3-5-13(20)6-4-12/h2-8,10H,9H2,1H3,(H4,21,22,23,25). The van der Waals surface area contributed by atoms with Gasteiger partial charge in [-0.05, 0) is 30.7 Å². The van der Waals surface area contributed by atoms with E-state index in [1.165, 1.54) is 22.9 Å². The Hall–Kier alpha value is -3.48. The Morgan fingerprint density at radius 2 is 1.81 bits per heavy atom. The molecular weight excluding hydrogens is 335 g/mol. The van der Waals surface area contributed by atoms with Crippen molar-refractivity contribution >= 4 is 22.6 Å². The number of benzene rings is 2. The summed E-state index contributed by atoms with van der Waals surface area (Å²) in [5.41, 5.74) is 12.2. The largest absolute Gasteiger partial charge is 0.370 e. The van der Waals surface area contributed by atoms with E-state index in [0.717, 1.165) is 11.1 Å². The van der Waals surface area contributed by atoms with E-state index >= 15 is 0 Å². The summed E-state index contributed by atoms with van der Waals surface area (Å²) in [6, 6.07) is 11.0. The normalized spacial score (nSPS) is 10.7. The van der Waals surface area contributed by atoms with Gasteiger partial charge in [0.25, 0.3) is 11.5 Å². The van der Waals surface area contributed by atoms with Crippen molar-refractivity contribution in [2.75, 3.05) is 0 Å². The van der Waals surface area contributed by atoms with Crippen LogP contribution >= 0.6 is 0 Å². The molecule has 0 radical (unpaired) electrons. The van der Waals surface area contributed by atoms with Gasteiger partial charge in [-0.15, -0.1) is 0 Å². The van der Waals surface area contributed by atoms with E-state index in [1.54, 1.807) is 30.3 Å². The number of pyridine rings is 1. The third-order valence-corrected chi connectivity index (χ3v) is 3.97. The number of carbonyl (C=O) groups excluding carboxylic acids is 1. The Morgan fingerprint density at radius 3 is 2.46 bits per heavy atom. The zero-order chi connectivity index (χ0) is 18.8. The zero-order valence-electron chi connectivity index (χ0n) is 14.1. The highest BCUT2D eigenvalue weighted by Crippen LogP contribution is 2.19. The quantitative estimate of drug-likeness (QED) is 0.555. The zero-order valence-corrected chi connectivity index (χ0v) is 14.1. The summed E-state index contributed by atoms with van der Waals surface area (Å²) in [5, 5.41) is 0.870. The average molecular weight is 352 g/mol. The van der Waals surface area contributed by atoms with Gasteiger partial charge in [-0.2, -0.15) is 4.99 Å². The Balaban J connectivity index is 2.21. The number of rotatable bonds is 3. The second-order valence-electron chi connectivity index (χ2n) is 5.99. The molecule has 0 aliphatic rings. The summed E-state index contributed by atoms with van der Waals surface area (Å²) >= 11 is 0. The Morgan fingerprint density at radius 1 is 1.12 bits per heavy atom. The van der Waals surface area contributed by atoms with Gasteiger partial charge in [-0.3, -0.25) is 9.59 Å². The number of nitrogens with zero attached hydrogens (tertiary/aromatic N) is 2. The smallest absolute Gasteiger partial charge is 0.282 e. The monoisotopic (exact) mass is 352 g/mol. The molecule has 1 heterocycles. The number of guanidine groups is 1. The Bertz CT molecular complexity index is 1080. The first kappa shape index (κ1) is 17.3. The van der Waals surface area contributed by atoms with Crippen molar-refractivity contribution < 1.29 is 9.18 Å². The van der Waals surface area contributed by atoms with Crippen molar-refractivity contribution in [1.82, 2.24) is 4.57 Å². The predicted molar refractivity (Wildman–Crippen MR) is 98.6 cm³/mol. The molecule has 2 aromatic carbocycles. The molecule has 7 heteroatoms. The van der Waals surface area contributed by atoms with Crippen molar-refractivity contribution in [3.63, 3.8) is 0 Å². The minimum absolute atomic E-state index is 0.186. The van der Waals surface area contributed by atoms with E-state index in [-0.39, 0.29) is 29.4 Å². The molecule has 0 aliphatic carbocycles. The van der Waals surface area contributed by atoms with Crippen molar-refractivity contribution in [1.29, 1.82) is 0 Å². The van der Waals surface area contributed by atoms with Gasteiger partial charge in [0.1, 0.15) is 5.82 Å². The summed E-state index contributed by atoms with van der Waals surface area (Å²) in [6.07, 6.45) is 1.43. The third kappa shape index (κ3) is 3.46. The van der Waals surface area contributed by atoms with E-state index in [9.17, 15) is 14.0 Å². The molecule has 4 N–H and O–H groups in total. The van der Waals surface area contributed by atoms with Crippen LogP contribution in [0.15, 0.2) is 58.4 Å². The van der Waals surface area contributed by atoms with Crippen LogP contribution in [0.3, 0.4) is 0 Å². The molecule has 0 unspecified atom stereocenters. The van der Waals surface area contributed by atoms with Crippen LogP contribution in [0.2, 0.25) is 0 Å². The van der Waals surface area contributed by atoms with Gasteiger partial charge in [0, 0.05) is 17.0 Å². The summed E-state index contributed by atoms with van der Waals surface area (Å²) in [7, 11) is 0. The number of hydrogen-bond acceptors (Lipinski definition) is 2. The molecule has 1 amide bonds. The van der Waals surface area contributed by atoms with Crippen molar-refractivity contribution in [2.45, 2.75) is 13.5 Å². The SMILES string of the molecule is Cc1ccc2c(=O)n(Cc3ccc(F)cc3)cc(C(=O)N=C(N)N)c2c1. The number of hydrogen-bond donors (Lipinski definition) is 2. The number of aromatic nitrogens is 1. The van der Waals surface area contributed by atoms with E-state index in [2.05, 4.69) is 4.99 Å². The molecule has 26 heavy (non-hydrogen) atoms. The van der Waals surface area contributed by atoms with Gasteiger partial charge in [-0.25, -0.2) is 4.39 Å². The fourth-order valence-electron chi connectivity index (χ4n) is 2.76. The molecule has 0 atom stereocenters. The number of halogens is 1. The molecule has 3 rings (SSSR count). The maximum atomic E-state index is 13.1. The lowest BCUT2D eigenvalue weighted by atomic mass is 10.0. The van der Waals surface area contributed by atoms with E-state index < -0.39 is 5.91 Å². The number of aliphatic imine (C=N–C) groups is 1. The van der Waals surface area contributed by atoms with Crippen LogP contribution in [0.1, 0.15) is 21.5 Å². The molecule has 0 aliphatic heterocycles. The van der Waals surface area contributed by atoms with Gasteiger partial charge in [0.2, 0.25) is 0 Å². The fourth-order valence-corrected chi connectivity index (χ4v) is 2.76. The van der Waals surface area contributed by atoms with E-state index in [4.69, 9.17) is 11.5 Å². The lowest BCUT2D eigenvalue weighted by Crippen LogP contribution is -2.26. The summed E-state index contributed by atoms with van der Waals surface area (Å²) < 4.78 is 14.5. The number of fused-ring (bicyclic) bond motifs is 1. The molecule has 1 aromatic heterocycles. The van der Waals surface area contributed by atoms with Gasteiger partial charge < -0.3 is 16.0 Å². The Kier molecular flexibility index (Phi) is 4.53. The Labute approximate surface area is 148 Å². The molecule has 0 spiro atoms.